The summed E-state index contributed by atoms with van der Waals surface area (Å²) < 4.78 is 0. The van der Waals surface area contributed by atoms with Crippen LogP contribution >= 0.6 is 0 Å². The molecule has 3 saturated carbocycles. The minimum atomic E-state index is 0.167. The summed E-state index contributed by atoms with van der Waals surface area (Å²) in [4.78, 5) is 0. The molecule has 0 amide bonds. The van der Waals surface area contributed by atoms with E-state index in [9.17, 15) is 0 Å². The molecule has 3 unspecified atom stereocenters. The first-order chi connectivity index (χ1) is 18.4. The molecular weight excluding hydrogens is 468 g/mol. The molecule has 0 heteroatoms. The van der Waals surface area contributed by atoms with Gasteiger partial charge in [0.2, 0.25) is 0 Å². The summed E-state index contributed by atoms with van der Waals surface area (Å²) in [6, 6.07) is 26.5. The molecule has 0 aliphatic heterocycles. The summed E-state index contributed by atoms with van der Waals surface area (Å²) in [6.07, 6.45) is 6.73. The Balaban J connectivity index is 0.00000135. The number of fused-ring (bicyclic) bond motifs is 3. The zero-order chi connectivity index (χ0) is 28.0. The predicted octanol–water partition coefficient (Wildman–Crippen LogP) is 10.5. The van der Waals surface area contributed by atoms with Gasteiger partial charge in [0.05, 0.1) is 0 Å². The van der Waals surface area contributed by atoms with Gasteiger partial charge in [-0.2, -0.15) is 0 Å². The Morgan fingerprint density at radius 3 is 1.64 bits per heavy atom. The summed E-state index contributed by atoms with van der Waals surface area (Å²) >= 11 is 0. The van der Waals surface area contributed by atoms with Crippen molar-refractivity contribution in [1.29, 1.82) is 0 Å². The maximum absolute atomic E-state index is 2.67. The van der Waals surface area contributed by atoms with Crippen LogP contribution in [0, 0.1) is 17.3 Å². The van der Waals surface area contributed by atoms with Crippen molar-refractivity contribution in [2.24, 2.45) is 17.3 Å². The second kappa shape index (κ2) is 8.58. The molecule has 3 bridgehead atoms. The molecule has 0 saturated heterocycles. The van der Waals surface area contributed by atoms with Gasteiger partial charge in [-0.25, -0.2) is 0 Å². The summed E-state index contributed by atoms with van der Waals surface area (Å²) in [5, 5.41) is 0. The average molecular weight is 519 g/mol. The van der Waals surface area contributed by atoms with Gasteiger partial charge in [0, 0.05) is 10.8 Å². The molecule has 0 nitrogen and oxygen atoms in total. The smallest absolute Gasteiger partial charge is 0.00650 e. The topological polar surface area (TPSA) is 0 Å². The summed E-state index contributed by atoms with van der Waals surface area (Å²) in [6.45, 7) is 20.9. The first-order valence-corrected chi connectivity index (χ1v) is 15.7. The summed E-state index contributed by atoms with van der Waals surface area (Å²) in [7, 11) is 0. The van der Waals surface area contributed by atoms with E-state index < -0.39 is 0 Å². The van der Waals surface area contributed by atoms with E-state index in [0.29, 0.717) is 10.8 Å². The van der Waals surface area contributed by atoms with Crippen LogP contribution < -0.4 is 0 Å². The number of benzene rings is 3. The molecule has 7 rings (SSSR count). The van der Waals surface area contributed by atoms with Gasteiger partial charge < -0.3 is 0 Å². The molecule has 0 aromatic heterocycles. The van der Waals surface area contributed by atoms with Gasteiger partial charge in [0.25, 0.3) is 0 Å². The van der Waals surface area contributed by atoms with E-state index in [0.717, 1.165) is 11.8 Å². The van der Waals surface area contributed by atoms with Crippen LogP contribution in [0.4, 0.5) is 0 Å². The van der Waals surface area contributed by atoms with E-state index in [4.69, 9.17) is 0 Å². The van der Waals surface area contributed by atoms with E-state index in [1.165, 1.54) is 59.9 Å². The van der Waals surface area contributed by atoms with Crippen molar-refractivity contribution in [3.63, 3.8) is 0 Å². The van der Waals surface area contributed by atoms with Crippen LogP contribution in [0.2, 0.25) is 0 Å². The fraction of sp³-hybridized carbons (Fsp3) is 0.538. The van der Waals surface area contributed by atoms with Crippen LogP contribution in [0.1, 0.15) is 116 Å². The van der Waals surface area contributed by atoms with Crippen molar-refractivity contribution in [3.8, 4) is 11.1 Å². The highest BCUT2D eigenvalue weighted by molar-refractivity contribution is 5.80. The van der Waals surface area contributed by atoms with Crippen LogP contribution in [0.3, 0.4) is 0 Å². The molecule has 0 N–H and O–H groups in total. The Morgan fingerprint density at radius 1 is 0.667 bits per heavy atom. The van der Waals surface area contributed by atoms with Crippen molar-refractivity contribution in [3.05, 3.63) is 94.5 Å². The monoisotopic (exact) mass is 518 g/mol. The standard InChI is InChI=1S/C37H44.C2H6/c1-24-20-36-22-35(24)23-37(36,21-28(35)17-25-11-9-8-10-12-25)32-19-27(34(5,6)7)14-16-30(32)29-15-13-26(18-31(29)36)33(2,3)4;1-2/h8-16,18-19,24,28H,17,20-23H2,1-7H3;1-2H3/t24?,28?,35?,36-,37-;/m1./s1. The summed E-state index contributed by atoms with van der Waals surface area (Å²) in [5.41, 5.74) is 12.4. The normalized spacial score (nSPS) is 31.7. The quantitative estimate of drug-likeness (QED) is 0.316. The maximum atomic E-state index is 2.67. The van der Waals surface area contributed by atoms with E-state index in [1.807, 2.05) is 13.8 Å². The minimum Gasteiger partial charge on any atom is -0.0683 e. The van der Waals surface area contributed by atoms with Gasteiger partial charge in [-0.15, -0.1) is 0 Å². The summed E-state index contributed by atoms with van der Waals surface area (Å²) in [5.74, 6) is 1.56. The Bertz CT molecular complexity index is 1390. The van der Waals surface area contributed by atoms with Gasteiger partial charge in [-0.1, -0.05) is 129 Å². The fourth-order valence-corrected chi connectivity index (χ4v) is 9.83. The molecule has 0 radical (unpaired) electrons. The third-order valence-corrected chi connectivity index (χ3v) is 11.6. The van der Waals surface area contributed by atoms with E-state index in [1.54, 1.807) is 11.1 Å². The van der Waals surface area contributed by atoms with Crippen LogP contribution in [0.15, 0.2) is 66.7 Å². The van der Waals surface area contributed by atoms with Crippen LogP contribution in [-0.4, -0.2) is 0 Å². The highest BCUT2D eigenvalue weighted by atomic mass is 14.8. The third kappa shape index (κ3) is 3.55. The van der Waals surface area contributed by atoms with Gasteiger partial charge in [-0.3, -0.25) is 0 Å². The molecular formula is C39H50. The van der Waals surface area contributed by atoms with Crippen LogP contribution in [0.25, 0.3) is 11.1 Å². The Morgan fingerprint density at radius 2 is 1.15 bits per heavy atom. The van der Waals surface area contributed by atoms with Crippen LogP contribution in [-0.2, 0) is 28.1 Å². The number of hydrogen-bond donors (Lipinski definition) is 0. The van der Waals surface area contributed by atoms with Crippen molar-refractivity contribution in [2.45, 2.75) is 116 Å². The largest absolute Gasteiger partial charge is 0.0683 e. The molecule has 0 heterocycles. The van der Waals surface area contributed by atoms with Crippen LogP contribution in [0.5, 0.6) is 0 Å². The molecule has 5 atom stereocenters. The Kier molecular flexibility index (Phi) is 5.91. The molecule has 3 spiro atoms. The highest BCUT2D eigenvalue weighted by Crippen LogP contribution is 2.83. The Hall–Kier alpha value is -2.34. The third-order valence-electron chi connectivity index (χ3n) is 11.6. The highest BCUT2D eigenvalue weighted by Gasteiger charge is 2.78. The Labute approximate surface area is 238 Å². The predicted molar refractivity (Wildman–Crippen MR) is 168 cm³/mol. The molecule has 4 aliphatic carbocycles. The fourth-order valence-electron chi connectivity index (χ4n) is 9.83. The lowest BCUT2D eigenvalue weighted by Gasteiger charge is -2.53. The molecule has 3 aromatic rings. The lowest BCUT2D eigenvalue weighted by Crippen LogP contribution is -2.48. The maximum Gasteiger partial charge on any atom is 0.00650 e. The second-order valence-electron chi connectivity index (χ2n) is 15.5. The molecule has 4 aliphatic rings. The second-order valence-corrected chi connectivity index (χ2v) is 15.5. The zero-order valence-corrected chi connectivity index (χ0v) is 26.0. The van der Waals surface area contributed by atoms with Crippen molar-refractivity contribution < 1.29 is 0 Å². The number of hydrogen-bond acceptors (Lipinski definition) is 0. The van der Waals surface area contributed by atoms with Gasteiger partial charge in [-0.05, 0) is 99.1 Å². The lowest BCUT2D eigenvalue weighted by atomic mass is 9.50. The molecule has 206 valence electrons. The van der Waals surface area contributed by atoms with Crippen molar-refractivity contribution >= 4 is 0 Å². The van der Waals surface area contributed by atoms with Crippen molar-refractivity contribution in [2.75, 3.05) is 0 Å². The van der Waals surface area contributed by atoms with E-state index >= 15 is 0 Å². The molecule has 3 fully saturated rings. The SMILES string of the molecule is CC.CC1C[C@]23CC14C[C@]2(CC4Cc1ccccc1)c1cc(C(C)(C)C)ccc1-c1ccc(C(C)(C)C)cc13. The average Bonchev–Trinajstić information content (AvgIpc) is 3.49. The lowest BCUT2D eigenvalue weighted by molar-refractivity contribution is 0.145. The zero-order valence-electron chi connectivity index (χ0n) is 26.0. The van der Waals surface area contributed by atoms with E-state index in [-0.39, 0.29) is 16.2 Å². The first-order valence-electron chi connectivity index (χ1n) is 15.7. The number of rotatable bonds is 2. The molecule has 3 aromatic carbocycles. The van der Waals surface area contributed by atoms with Gasteiger partial charge >= 0.3 is 0 Å². The first kappa shape index (κ1) is 26.9. The van der Waals surface area contributed by atoms with Gasteiger partial charge in [0.1, 0.15) is 0 Å². The molecule has 39 heavy (non-hydrogen) atoms. The van der Waals surface area contributed by atoms with E-state index in [2.05, 4.69) is 115 Å². The van der Waals surface area contributed by atoms with Gasteiger partial charge in [0.15, 0.2) is 0 Å². The minimum absolute atomic E-state index is 0.167. The van der Waals surface area contributed by atoms with Crippen molar-refractivity contribution in [1.82, 2.24) is 0 Å².